The molecule has 0 bridgehead atoms. The molecule has 1 N–H and O–H groups in total. The molecule has 1 aliphatic rings. The van der Waals surface area contributed by atoms with E-state index in [1.807, 2.05) is 13.8 Å². The number of hydrogen-bond donors (Lipinski definition) is 1. The maximum atomic E-state index is 13.9. The zero-order valence-corrected chi connectivity index (χ0v) is 21.6. The summed E-state index contributed by atoms with van der Waals surface area (Å²) in [6.07, 6.45) is -1.23. The van der Waals surface area contributed by atoms with Crippen LogP contribution < -0.4 is 10.2 Å². The highest BCUT2D eigenvalue weighted by atomic mass is 19.4. The molecule has 0 saturated carbocycles. The first-order valence-corrected chi connectivity index (χ1v) is 12.1. The lowest BCUT2D eigenvalue weighted by Gasteiger charge is -2.19. The third-order valence-corrected chi connectivity index (χ3v) is 6.45. The molecule has 5 rings (SSSR count). The van der Waals surface area contributed by atoms with Gasteiger partial charge in [0.1, 0.15) is 24.2 Å². The summed E-state index contributed by atoms with van der Waals surface area (Å²) in [5.41, 5.74) is 0.362. The van der Waals surface area contributed by atoms with Gasteiger partial charge in [-0.1, -0.05) is 13.8 Å². The van der Waals surface area contributed by atoms with Crippen LogP contribution in [0.25, 0.3) is 22.6 Å². The van der Waals surface area contributed by atoms with Gasteiger partial charge in [0.2, 0.25) is 0 Å². The number of carbonyl (C=O) groups excluding carboxylic acids is 2. The first-order valence-electron chi connectivity index (χ1n) is 12.1. The van der Waals surface area contributed by atoms with Crippen molar-refractivity contribution >= 4 is 23.8 Å². The molecular formula is C26H25F3N8O2. The summed E-state index contributed by atoms with van der Waals surface area (Å²) in [6.45, 7) is 4.28. The zero-order valence-electron chi connectivity index (χ0n) is 21.6. The standard InChI is InChI=1S/C26H25F3N8O2/c1-14(2)9-30-21-7-16(23-18(10-32-36(23)4)24-34-31-13-35(24)3)8-22(33-21)37-11-19-17(25(37)39)5-15(12-38)6-20(19)26(27,28)29/h5-8,10,12-14H,9,11H2,1-4H3,(H,30,33). The van der Waals surface area contributed by atoms with Crippen molar-refractivity contribution in [3.8, 4) is 22.6 Å². The zero-order chi connectivity index (χ0) is 28.1. The minimum Gasteiger partial charge on any atom is -0.370 e. The Morgan fingerprint density at radius 3 is 2.54 bits per heavy atom. The number of aryl methyl sites for hydroxylation is 2. The van der Waals surface area contributed by atoms with E-state index in [4.69, 9.17) is 0 Å². The number of pyridine rings is 1. The van der Waals surface area contributed by atoms with Gasteiger partial charge in [-0.2, -0.15) is 18.3 Å². The van der Waals surface area contributed by atoms with Gasteiger partial charge < -0.3 is 9.88 Å². The highest BCUT2D eigenvalue weighted by Gasteiger charge is 2.41. The van der Waals surface area contributed by atoms with E-state index in [0.717, 1.165) is 6.07 Å². The second kappa shape index (κ2) is 9.64. The van der Waals surface area contributed by atoms with Gasteiger partial charge in [0, 0.05) is 37.3 Å². The van der Waals surface area contributed by atoms with Crippen molar-refractivity contribution in [2.45, 2.75) is 26.6 Å². The van der Waals surface area contributed by atoms with E-state index in [1.54, 1.807) is 48.0 Å². The smallest absolute Gasteiger partial charge is 0.370 e. The Balaban J connectivity index is 1.65. The van der Waals surface area contributed by atoms with Crippen molar-refractivity contribution < 1.29 is 22.8 Å². The summed E-state index contributed by atoms with van der Waals surface area (Å²) in [6, 6.07) is 5.39. The number of nitrogens with one attached hydrogen (secondary N) is 1. The van der Waals surface area contributed by atoms with Crippen LogP contribution in [-0.4, -0.2) is 48.3 Å². The van der Waals surface area contributed by atoms with Crippen molar-refractivity contribution in [3.63, 3.8) is 0 Å². The average Bonchev–Trinajstić information content (AvgIpc) is 3.57. The van der Waals surface area contributed by atoms with E-state index in [9.17, 15) is 22.8 Å². The van der Waals surface area contributed by atoms with E-state index in [0.29, 0.717) is 41.3 Å². The van der Waals surface area contributed by atoms with Gasteiger partial charge in [-0.15, -0.1) is 10.2 Å². The van der Waals surface area contributed by atoms with Crippen LogP contribution in [0.1, 0.15) is 45.7 Å². The molecule has 0 saturated heterocycles. The molecule has 202 valence electrons. The summed E-state index contributed by atoms with van der Waals surface area (Å²) in [5.74, 6) is 0.769. The van der Waals surface area contributed by atoms with Crippen LogP contribution in [0.2, 0.25) is 0 Å². The molecule has 0 fully saturated rings. The number of rotatable bonds is 7. The molecule has 1 aliphatic heterocycles. The number of carbonyl (C=O) groups is 2. The van der Waals surface area contributed by atoms with Crippen LogP contribution in [0.3, 0.4) is 0 Å². The fourth-order valence-electron chi connectivity index (χ4n) is 4.60. The van der Waals surface area contributed by atoms with Crippen LogP contribution in [0.15, 0.2) is 36.8 Å². The highest BCUT2D eigenvalue weighted by Crippen LogP contribution is 2.40. The second-order valence-electron chi connectivity index (χ2n) is 9.77. The summed E-state index contributed by atoms with van der Waals surface area (Å²) in [7, 11) is 3.55. The quantitative estimate of drug-likeness (QED) is 0.349. The lowest BCUT2D eigenvalue weighted by Crippen LogP contribution is -2.25. The molecule has 39 heavy (non-hydrogen) atoms. The Morgan fingerprint density at radius 2 is 1.90 bits per heavy atom. The van der Waals surface area contributed by atoms with Crippen LogP contribution in [-0.2, 0) is 26.8 Å². The Kier molecular flexibility index (Phi) is 6.44. The Hall–Kier alpha value is -4.55. The van der Waals surface area contributed by atoms with Crippen LogP contribution in [0.5, 0.6) is 0 Å². The largest absolute Gasteiger partial charge is 0.416 e. The van der Waals surface area contributed by atoms with Gasteiger partial charge >= 0.3 is 6.18 Å². The maximum Gasteiger partial charge on any atom is 0.416 e. The van der Waals surface area contributed by atoms with E-state index in [-0.39, 0.29) is 35.0 Å². The summed E-state index contributed by atoms with van der Waals surface area (Å²) in [5, 5.41) is 15.8. The van der Waals surface area contributed by atoms with Gasteiger partial charge in [-0.25, -0.2) is 4.98 Å². The topological polar surface area (TPSA) is 111 Å². The van der Waals surface area contributed by atoms with E-state index in [1.165, 1.54) is 11.0 Å². The number of fused-ring (bicyclic) bond motifs is 1. The average molecular weight is 539 g/mol. The second-order valence-corrected chi connectivity index (χ2v) is 9.77. The molecule has 0 radical (unpaired) electrons. The Labute approximate surface area is 221 Å². The molecular weight excluding hydrogens is 513 g/mol. The minimum absolute atomic E-state index is 0.158. The third kappa shape index (κ3) is 4.75. The first kappa shape index (κ1) is 26.1. The lowest BCUT2D eigenvalue weighted by molar-refractivity contribution is -0.138. The van der Waals surface area contributed by atoms with Gasteiger partial charge in [0.15, 0.2) is 5.82 Å². The molecule has 10 nitrogen and oxygen atoms in total. The van der Waals surface area contributed by atoms with Crippen molar-refractivity contribution in [2.24, 2.45) is 20.0 Å². The van der Waals surface area contributed by atoms with Crippen LogP contribution in [0, 0.1) is 5.92 Å². The number of halogens is 3. The van der Waals surface area contributed by atoms with Crippen molar-refractivity contribution in [1.29, 1.82) is 0 Å². The van der Waals surface area contributed by atoms with Gasteiger partial charge in [-0.05, 0) is 35.7 Å². The molecule has 0 aliphatic carbocycles. The predicted octanol–water partition coefficient (Wildman–Crippen LogP) is 4.34. The molecule has 3 aromatic heterocycles. The minimum atomic E-state index is -4.74. The third-order valence-electron chi connectivity index (χ3n) is 6.45. The number of amides is 1. The van der Waals surface area contributed by atoms with E-state index in [2.05, 4.69) is 25.6 Å². The summed E-state index contributed by atoms with van der Waals surface area (Å²) >= 11 is 0. The normalized spacial score (nSPS) is 13.3. The highest BCUT2D eigenvalue weighted by molar-refractivity contribution is 6.11. The van der Waals surface area contributed by atoms with Gasteiger partial charge in [0.25, 0.3) is 5.91 Å². The molecule has 4 aromatic rings. The molecule has 13 heteroatoms. The fraction of sp³-hybridized carbons (Fsp3) is 0.308. The van der Waals surface area contributed by atoms with E-state index >= 15 is 0 Å². The number of aldehydes is 1. The molecule has 0 spiro atoms. The number of alkyl halides is 3. The van der Waals surface area contributed by atoms with Crippen molar-refractivity contribution in [2.75, 3.05) is 16.8 Å². The predicted molar refractivity (Wildman–Crippen MR) is 137 cm³/mol. The SMILES string of the molecule is CC(C)CNc1cc(-c2c(-c3nncn3C)cnn2C)cc(N2Cc3c(cc(C=O)cc3C(F)(F)F)C2=O)n1. The Morgan fingerprint density at radius 1 is 1.13 bits per heavy atom. The molecule has 4 heterocycles. The monoisotopic (exact) mass is 538 g/mol. The van der Waals surface area contributed by atoms with Crippen molar-refractivity contribution in [3.05, 3.63) is 59.0 Å². The number of aromatic nitrogens is 6. The fourth-order valence-corrected chi connectivity index (χ4v) is 4.60. The molecule has 0 unspecified atom stereocenters. The lowest BCUT2D eigenvalue weighted by atomic mass is 9.99. The number of nitrogens with zero attached hydrogens (tertiary/aromatic N) is 7. The van der Waals surface area contributed by atoms with Gasteiger partial charge in [-0.3, -0.25) is 19.2 Å². The van der Waals surface area contributed by atoms with Crippen LogP contribution in [0.4, 0.5) is 24.8 Å². The van der Waals surface area contributed by atoms with Gasteiger partial charge in [0.05, 0.1) is 29.6 Å². The van der Waals surface area contributed by atoms with E-state index < -0.39 is 17.6 Å². The van der Waals surface area contributed by atoms with Crippen molar-refractivity contribution in [1.82, 2.24) is 29.5 Å². The Bertz CT molecular complexity index is 1590. The first-order chi connectivity index (χ1) is 18.5. The molecule has 0 atom stereocenters. The molecule has 1 aromatic carbocycles. The number of benzene rings is 1. The van der Waals surface area contributed by atoms with Crippen LogP contribution >= 0.6 is 0 Å². The number of hydrogen-bond acceptors (Lipinski definition) is 7. The summed E-state index contributed by atoms with van der Waals surface area (Å²) < 4.78 is 45.0. The maximum absolute atomic E-state index is 13.9. The molecule has 1 amide bonds. The number of anilines is 2. The summed E-state index contributed by atoms with van der Waals surface area (Å²) in [4.78, 5) is 30.5.